The van der Waals surface area contributed by atoms with E-state index in [9.17, 15) is 19.6 Å². The number of hydrogen-bond donors (Lipinski definition) is 4. The molecule has 0 fully saturated rings. The molecule has 4 N–H and O–H groups in total. The van der Waals surface area contributed by atoms with Gasteiger partial charge in [0.15, 0.2) is 11.6 Å². The maximum absolute atomic E-state index is 13.2. The second-order valence-corrected chi connectivity index (χ2v) is 8.32. The zero-order chi connectivity index (χ0) is 22.8. The third kappa shape index (κ3) is 5.28. The molecular weight excluding hydrogens is 427 g/mol. The highest BCUT2D eigenvalue weighted by molar-refractivity contribution is 6.33. The van der Waals surface area contributed by atoms with Gasteiger partial charge in [0.05, 0.1) is 22.6 Å². The molecule has 3 rings (SSSR count). The van der Waals surface area contributed by atoms with Gasteiger partial charge in [-0.1, -0.05) is 44.5 Å². The minimum absolute atomic E-state index is 0.0277. The molecule has 0 unspecified atom stereocenters. The molecule has 164 valence electrons. The van der Waals surface area contributed by atoms with E-state index in [2.05, 4.69) is 25.8 Å². The maximum atomic E-state index is 13.2. The molecule has 0 aliphatic rings. The van der Waals surface area contributed by atoms with Crippen molar-refractivity contribution in [3.05, 3.63) is 68.6 Å². The van der Waals surface area contributed by atoms with Gasteiger partial charge in [0.25, 0.3) is 0 Å². The maximum Gasteiger partial charge on any atom is 0.313 e. The van der Waals surface area contributed by atoms with Crippen molar-refractivity contribution in [3.63, 3.8) is 0 Å². The number of rotatable bonds is 7. The summed E-state index contributed by atoms with van der Waals surface area (Å²) in [5.74, 6) is 0.0527. The molecule has 0 spiro atoms. The molecule has 0 aliphatic heterocycles. The summed E-state index contributed by atoms with van der Waals surface area (Å²) in [6, 6.07) is 7.63. The third-order valence-electron chi connectivity index (χ3n) is 4.55. The molecule has 0 saturated carbocycles. The molecule has 2 aromatic heterocycles. The highest BCUT2D eigenvalue weighted by Crippen LogP contribution is 2.34. The molecular formula is C20H22ClFN6O3. The van der Waals surface area contributed by atoms with Crippen molar-refractivity contribution in [2.45, 2.75) is 32.2 Å². The Morgan fingerprint density at radius 2 is 1.94 bits per heavy atom. The van der Waals surface area contributed by atoms with Crippen LogP contribution in [0.25, 0.3) is 0 Å². The smallest absolute Gasteiger partial charge is 0.313 e. The van der Waals surface area contributed by atoms with Crippen LogP contribution >= 0.6 is 11.6 Å². The Labute approximate surface area is 182 Å². The number of pyridine rings is 1. The number of H-pyrrole nitrogens is 1. The van der Waals surface area contributed by atoms with Gasteiger partial charge in [0, 0.05) is 23.2 Å². The fraction of sp³-hybridized carbons (Fsp3) is 0.300. The van der Waals surface area contributed by atoms with Crippen molar-refractivity contribution >= 4 is 34.7 Å². The van der Waals surface area contributed by atoms with Gasteiger partial charge in [-0.25, -0.2) is 9.37 Å². The van der Waals surface area contributed by atoms with Crippen LogP contribution in [0.3, 0.4) is 0 Å². The average molecular weight is 449 g/mol. The van der Waals surface area contributed by atoms with Crippen LogP contribution in [0.15, 0.2) is 36.4 Å². The zero-order valence-electron chi connectivity index (χ0n) is 17.1. The molecule has 0 radical (unpaired) electrons. The third-order valence-corrected chi connectivity index (χ3v) is 4.84. The summed E-state index contributed by atoms with van der Waals surface area (Å²) in [6.07, 6.45) is 0. The first-order chi connectivity index (χ1) is 14.6. The number of halogens is 2. The van der Waals surface area contributed by atoms with Gasteiger partial charge in [0.2, 0.25) is 5.82 Å². The summed E-state index contributed by atoms with van der Waals surface area (Å²) >= 11 is 6.21. The molecule has 31 heavy (non-hydrogen) atoms. The monoisotopic (exact) mass is 448 g/mol. The molecule has 0 aliphatic carbocycles. The minimum Gasteiger partial charge on any atom is -0.394 e. The van der Waals surface area contributed by atoms with E-state index in [0.29, 0.717) is 11.4 Å². The molecule has 0 saturated heterocycles. The van der Waals surface area contributed by atoms with E-state index in [4.69, 9.17) is 11.6 Å². The van der Waals surface area contributed by atoms with Crippen molar-refractivity contribution in [1.82, 2.24) is 15.2 Å². The van der Waals surface area contributed by atoms with Gasteiger partial charge in [-0.05, 0) is 17.7 Å². The Hall–Kier alpha value is -3.24. The lowest BCUT2D eigenvalue weighted by Crippen LogP contribution is -2.17. The van der Waals surface area contributed by atoms with Gasteiger partial charge in [-0.3, -0.25) is 15.2 Å². The predicted molar refractivity (Wildman–Crippen MR) is 116 cm³/mol. The molecule has 1 atom stereocenters. The number of nitrogens with zero attached hydrogens (tertiary/aromatic N) is 3. The summed E-state index contributed by atoms with van der Waals surface area (Å²) in [4.78, 5) is 15.2. The standard InChI is InChI=1S/C20H22ClFN6O3/c1-20(2,3)16-9-17(27-26-16)24-18-13(21)8-15(28(30)31)19(25-18)23-14(10-29)11-4-6-12(22)7-5-11/h4-9,14,29H,10H2,1-3H3,(H3,23,24,25,26,27)/t14-/m0/s1. The van der Waals surface area contributed by atoms with Crippen LogP contribution < -0.4 is 10.6 Å². The Balaban J connectivity index is 1.94. The van der Waals surface area contributed by atoms with E-state index < -0.39 is 23.4 Å². The fourth-order valence-corrected chi connectivity index (χ4v) is 2.99. The highest BCUT2D eigenvalue weighted by atomic mass is 35.5. The van der Waals surface area contributed by atoms with Gasteiger partial charge in [-0.2, -0.15) is 5.10 Å². The van der Waals surface area contributed by atoms with Crippen molar-refractivity contribution < 1.29 is 14.4 Å². The summed E-state index contributed by atoms with van der Waals surface area (Å²) in [7, 11) is 0. The lowest BCUT2D eigenvalue weighted by Gasteiger charge is -2.18. The minimum atomic E-state index is -0.751. The van der Waals surface area contributed by atoms with Crippen molar-refractivity contribution in [2.24, 2.45) is 0 Å². The van der Waals surface area contributed by atoms with Gasteiger partial charge in [-0.15, -0.1) is 0 Å². The first-order valence-corrected chi connectivity index (χ1v) is 9.77. The van der Waals surface area contributed by atoms with Crippen LogP contribution in [0.2, 0.25) is 5.02 Å². The SMILES string of the molecule is CC(C)(C)c1cc(Nc2nc(N[C@@H](CO)c3ccc(F)cc3)c([N+](=O)[O-])cc2Cl)n[nH]1. The Bertz CT molecular complexity index is 1080. The number of aromatic nitrogens is 3. The van der Waals surface area contributed by atoms with E-state index in [1.165, 1.54) is 24.3 Å². The number of aromatic amines is 1. The van der Waals surface area contributed by atoms with Crippen molar-refractivity contribution in [3.8, 4) is 0 Å². The predicted octanol–water partition coefficient (Wildman–Crippen LogP) is 4.69. The number of benzene rings is 1. The summed E-state index contributed by atoms with van der Waals surface area (Å²) < 4.78 is 13.2. The normalized spacial score (nSPS) is 12.5. The van der Waals surface area contributed by atoms with Crippen molar-refractivity contribution in [2.75, 3.05) is 17.2 Å². The lowest BCUT2D eigenvalue weighted by atomic mass is 9.92. The van der Waals surface area contributed by atoms with E-state index in [1.54, 1.807) is 6.07 Å². The zero-order valence-corrected chi connectivity index (χ0v) is 17.9. The van der Waals surface area contributed by atoms with Crippen LogP contribution in [0, 0.1) is 15.9 Å². The lowest BCUT2D eigenvalue weighted by molar-refractivity contribution is -0.384. The number of aliphatic hydroxyl groups is 1. The number of nitrogens with one attached hydrogen (secondary N) is 3. The van der Waals surface area contributed by atoms with E-state index in [1.807, 2.05) is 20.8 Å². The largest absolute Gasteiger partial charge is 0.394 e. The summed E-state index contributed by atoms with van der Waals surface area (Å²) in [5.41, 5.74) is 0.888. The van der Waals surface area contributed by atoms with E-state index >= 15 is 0 Å². The van der Waals surface area contributed by atoms with Crippen LogP contribution in [0.5, 0.6) is 0 Å². The summed E-state index contributed by atoms with van der Waals surface area (Å²) in [6.45, 7) is 5.67. The second-order valence-electron chi connectivity index (χ2n) is 7.92. The topological polar surface area (TPSA) is 129 Å². The van der Waals surface area contributed by atoms with Crippen LogP contribution in [-0.2, 0) is 5.41 Å². The quantitative estimate of drug-likeness (QED) is 0.304. The molecule has 11 heteroatoms. The number of hydrogen-bond acceptors (Lipinski definition) is 7. The molecule has 2 heterocycles. The van der Waals surface area contributed by atoms with Crippen LogP contribution in [-0.4, -0.2) is 31.8 Å². The molecule has 0 bridgehead atoms. The van der Waals surface area contributed by atoms with Gasteiger partial charge < -0.3 is 15.7 Å². The Morgan fingerprint density at radius 1 is 1.26 bits per heavy atom. The first-order valence-electron chi connectivity index (χ1n) is 9.39. The average Bonchev–Trinajstić information content (AvgIpc) is 3.18. The first kappa shape index (κ1) is 22.4. The number of anilines is 3. The Kier molecular flexibility index (Phi) is 6.42. The molecule has 0 amide bonds. The summed E-state index contributed by atoms with van der Waals surface area (Å²) in [5, 5.41) is 34.2. The van der Waals surface area contributed by atoms with E-state index in [0.717, 1.165) is 11.8 Å². The molecule has 9 nitrogen and oxygen atoms in total. The van der Waals surface area contributed by atoms with E-state index in [-0.39, 0.29) is 27.8 Å². The van der Waals surface area contributed by atoms with Crippen molar-refractivity contribution in [1.29, 1.82) is 0 Å². The fourth-order valence-electron chi connectivity index (χ4n) is 2.80. The van der Waals surface area contributed by atoms with Crippen LogP contribution in [0.1, 0.15) is 38.1 Å². The van der Waals surface area contributed by atoms with Crippen LogP contribution in [0.4, 0.5) is 27.5 Å². The molecule has 1 aromatic carbocycles. The molecule has 3 aromatic rings. The number of nitro groups is 1. The van der Waals surface area contributed by atoms with Gasteiger partial charge in [0.1, 0.15) is 5.82 Å². The number of aliphatic hydroxyl groups excluding tert-OH is 1. The van der Waals surface area contributed by atoms with Gasteiger partial charge >= 0.3 is 5.69 Å². The Morgan fingerprint density at radius 3 is 2.48 bits per heavy atom. The highest BCUT2D eigenvalue weighted by Gasteiger charge is 2.24. The second kappa shape index (κ2) is 8.86.